The first-order valence-electron chi connectivity index (χ1n) is 4.43. The standard InChI is InChI=1S/C11H12BrFO/c1-6(2)8-4-9(7(3)14)11(13)10(12)5-8/h4-6H,1-3H3. The van der Waals surface area contributed by atoms with Crippen molar-refractivity contribution in [1.82, 2.24) is 0 Å². The molecule has 0 spiro atoms. The molecule has 14 heavy (non-hydrogen) atoms. The van der Waals surface area contributed by atoms with Crippen molar-refractivity contribution in [3.63, 3.8) is 0 Å². The summed E-state index contributed by atoms with van der Waals surface area (Å²) in [6.45, 7) is 5.38. The van der Waals surface area contributed by atoms with Gasteiger partial charge in [0.05, 0.1) is 10.0 Å². The Kier molecular flexibility index (Phi) is 3.43. The van der Waals surface area contributed by atoms with Crippen LogP contribution in [0.5, 0.6) is 0 Å². The molecule has 0 aliphatic rings. The lowest BCUT2D eigenvalue weighted by molar-refractivity contribution is 0.101. The summed E-state index contributed by atoms with van der Waals surface area (Å²) in [5.41, 5.74) is 1.12. The van der Waals surface area contributed by atoms with Crippen LogP contribution >= 0.6 is 15.9 Å². The van der Waals surface area contributed by atoms with Crippen molar-refractivity contribution in [1.29, 1.82) is 0 Å². The summed E-state index contributed by atoms with van der Waals surface area (Å²) in [6, 6.07) is 3.33. The van der Waals surface area contributed by atoms with Gasteiger partial charge in [0.1, 0.15) is 5.82 Å². The summed E-state index contributed by atoms with van der Waals surface area (Å²) in [5.74, 6) is -0.433. The first kappa shape index (κ1) is 11.4. The van der Waals surface area contributed by atoms with E-state index in [-0.39, 0.29) is 17.3 Å². The van der Waals surface area contributed by atoms with E-state index in [2.05, 4.69) is 15.9 Å². The summed E-state index contributed by atoms with van der Waals surface area (Å²) in [6.07, 6.45) is 0. The molecular formula is C11H12BrFO. The summed E-state index contributed by atoms with van der Waals surface area (Å²) in [4.78, 5) is 11.1. The Morgan fingerprint density at radius 1 is 1.43 bits per heavy atom. The molecule has 0 bridgehead atoms. The molecule has 1 aromatic carbocycles. The highest BCUT2D eigenvalue weighted by molar-refractivity contribution is 9.10. The Hall–Kier alpha value is -0.700. The van der Waals surface area contributed by atoms with Crippen LogP contribution in [0, 0.1) is 5.82 Å². The Labute approximate surface area is 91.5 Å². The molecular weight excluding hydrogens is 247 g/mol. The molecule has 0 heterocycles. The van der Waals surface area contributed by atoms with Crippen LogP contribution in [-0.4, -0.2) is 5.78 Å². The number of rotatable bonds is 2. The number of Topliss-reactive ketones (excluding diaryl/α,β-unsaturated/α-hetero) is 1. The number of carbonyl (C=O) groups excluding carboxylic acids is 1. The van der Waals surface area contributed by atoms with E-state index < -0.39 is 5.82 Å². The zero-order chi connectivity index (χ0) is 10.9. The van der Waals surface area contributed by atoms with Crippen LogP contribution in [-0.2, 0) is 0 Å². The van der Waals surface area contributed by atoms with Crippen LogP contribution in [0.4, 0.5) is 4.39 Å². The fraction of sp³-hybridized carbons (Fsp3) is 0.364. The molecule has 0 aliphatic heterocycles. The molecule has 0 unspecified atom stereocenters. The second-order valence-corrected chi connectivity index (χ2v) is 4.43. The minimum atomic E-state index is -0.470. The monoisotopic (exact) mass is 258 g/mol. The van der Waals surface area contributed by atoms with E-state index >= 15 is 0 Å². The maximum absolute atomic E-state index is 13.4. The van der Waals surface area contributed by atoms with Gasteiger partial charge < -0.3 is 0 Å². The van der Waals surface area contributed by atoms with Crippen LogP contribution in [0.2, 0.25) is 0 Å². The molecule has 1 nitrogen and oxygen atoms in total. The molecule has 0 aromatic heterocycles. The van der Waals surface area contributed by atoms with Crippen molar-refractivity contribution in [3.05, 3.63) is 33.5 Å². The van der Waals surface area contributed by atoms with E-state index in [4.69, 9.17) is 0 Å². The van der Waals surface area contributed by atoms with E-state index in [1.54, 1.807) is 12.1 Å². The van der Waals surface area contributed by atoms with Crippen LogP contribution in [0.15, 0.2) is 16.6 Å². The molecule has 0 aliphatic carbocycles. The van der Waals surface area contributed by atoms with Crippen LogP contribution in [0.1, 0.15) is 42.6 Å². The van der Waals surface area contributed by atoms with Gasteiger partial charge in [0.25, 0.3) is 0 Å². The zero-order valence-corrected chi connectivity index (χ0v) is 9.98. The number of hydrogen-bond donors (Lipinski definition) is 0. The van der Waals surface area contributed by atoms with E-state index in [1.165, 1.54) is 6.92 Å². The Balaban J connectivity index is 3.35. The largest absolute Gasteiger partial charge is 0.294 e. The maximum atomic E-state index is 13.4. The van der Waals surface area contributed by atoms with Gasteiger partial charge in [-0.3, -0.25) is 4.79 Å². The van der Waals surface area contributed by atoms with Gasteiger partial charge in [0.15, 0.2) is 5.78 Å². The van der Waals surface area contributed by atoms with Gasteiger partial charge in [-0.15, -0.1) is 0 Å². The number of halogens is 2. The first-order valence-corrected chi connectivity index (χ1v) is 5.22. The molecule has 0 saturated heterocycles. The van der Waals surface area contributed by atoms with Crippen molar-refractivity contribution in [2.75, 3.05) is 0 Å². The lowest BCUT2D eigenvalue weighted by Gasteiger charge is -2.09. The number of hydrogen-bond acceptors (Lipinski definition) is 1. The zero-order valence-electron chi connectivity index (χ0n) is 8.40. The third-order valence-electron chi connectivity index (χ3n) is 2.10. The smallest absolute Gasteiger partial charge is 0.162 e. The van der Waals surface area contributed by atoms with Gasteiger partial charge in [-0.2, -0.15) is 0 Å². The summed E-state index contributed by atoms with van der Waals surface area (Å²) in [7, 11) is 0. The average Bonchev–Trinajstić information content (AvgIpc) is 2.08. The van der Waals surface area contributed by atoms with Crippen molar-refractivity contribution < 1.29 is 9.18 Å². The number of benzene rings is 1. The summed E-state index contributed by atoms with van der Waals surface area (Å²) in [5, 5.41) is 0. The minimum Gasteiger partial charge on any atom is -0.294 e. The van der Waals surface area contributed by atoms with Crippen molar-refractivity contribution in [2.45, 2.75) is 26.7 Å². The fourth-order valence-corrected chi connectivity index (χ4v) is 1.68. The molecule has 0 N–H and O–H groups in total. The van der Waals surface area contributed by atoms with Gasteiger partial charge in [-0.25, -0.2) is 4.39 Å². The Morgan fingerprint density at radius 2 is 2.00 bits per heavy atom. The number of ketones is 1. The van der Waals surface area contributed by atoms with Gasteiger partial charge >= 0.3 is 0 Å². The van der Waals surface area contributed by atoms with Crippen molar-refractivity contribution in [2.24, 2.45) is 0 Å². The lowest BCUT2D eigenvalue weighted by atomic mass is 9.99. The molecule has 3 heteroatoms. The second-order valence-electron chi connectivity index (χ2n) is 3.58. The SMILES string of the molecule is CC(=O)c1cc(C(C)C)cc(Br)c1F. The number of carbonyl (C=O) groups is 1. The normalized spacial score (nSPS) is 10.7. The van der Waals surface area contributed by atoms with E-state index in [0.29, 0.717) is 4.47 Å². The topological polar surface area (TPSA) is 17.1 Å². The highest BCUT2D eigenvalue weighted by atomic mass is 79.9. The van der Waals surface area contributed by atoms with E-state index in [9.17, 15) is 9.18 Å². The van der Waals surface area contributed by atoms with Crippen LogP contribution < -0.4 is 0 Å². The van der Waals surface area contributed by atoms with Gasteiger partial charge in [0, 0.05) is 0 Å². The minimum absolute atomic E-state index is 0.156. The first-order chi connectivity index (χ1) is 6.43. The molecule has 1 aromatic rings. The third kappa shape index (κ3) is 2.21. The average molecular weight is 259 g/mol. The van der Waals surface area contributed by atoms with Gasteiger partial charge in [0.2, 0.25) is 0 Å². The summed E-state index contributed by atoms with van der Waals surface area (Å²) >= 11 is 3.11. The van der Waals surface area contributed by atoms with Gasteiger partial charge in [-0.05, 0) is 46.5 Å². The fourth-order valence-electron chi connectivity index (χ4n) is 1.20. The lowest BCUT2D eigenvalue weighted by Crippen LogP contribution is -2.01. The third-order valence-corrected chi connectivity index (χ3v) is 2.67. The predicted molar refractivity (Wildman–Crippen MR) is 58.2 cm³/mol. The van der Waals surface area contributed by atoms with Crippen LogP contribution in [0.25, 0.3) is 0 Å². The Morgan fingerprint density at radius 3 is 2.43 bits per heavy atom. The van der Waals surface area contributed by atoms with Crippen molar-refractivity contribution in [3.8, 4) is 0 Å². The molecule has 1 rings (SSSR count). The molecule has 0 amide bonds. The second kappa shape index (κ2) is 4.22. The molecule has 0 atom stereocenters. The highest BCUT2D eigenvalue weighted by Gasteiger charge is 2.13. The molecule has 0 radical (unpaired) electrons. The van der Waals surface area contributed by atoms with Gasteiger partial charge in [-0.1, -0.05) is 13.8 Å². The molecule has 0 fully saturated rings. The molecule has 0 saturated carbocycles. The van der Waals surface area contributed by atoms with Crippen LogP contribution in [0.3, 0.4) is 0 Å². The predicted octanol–water partition coefficient (Wildman–Crippen LogP) is 3.91. The molecule has 76 valence electrons. The van der Waals surface area contributed by atoms with E-state index in [0.717, 1.165) is 5.56 Å². The Bertz CT molecular complexity index is 372. The summed E-state index contributed by atoms with van der Waals surface area (Å²) < 4.78 is 13.8. The quantitative estimate of drug-likeness (QED) is 0.736. The van der Waals surface area contributed by atoms with Crippen molar-refractivity contribution >= 4 is 21.7 Å². The maximum Gasteiger partial charge on any atom is 0.162 e. The highest BCUT2D eigenvalue weighted by Crippen LogP contribution is 2.25. The van der Waals surface area contributed by atoms with E-state index in [1.807, 2.05) is 13.8 Å².